The minimum atomic E-state index is -0.251. The summed E-state index contributed by atoms with van der Waals surface area (Å²) in [5.41, 5.74) is 9.15. The van der Waals surface area contributed by atoms with E-state index in [-0.39, 0.29) is 5.91 Å². The summed E-state index contributed by atoms with van der Waals surface area (Å²) in [6.07, 6.45) is 0. The summed E-state index contributed by atoms with van der Waals surface area (Å²) in [6, 6.07) is 18.9. The van der Waals surface area contributed by atoms with Gasteiger partial charge in [0.25, 0.3) is 5.91 Å². The Bertz CT molecular complexity index is 1170. The number of nitrogens with one attached hydrogen (secondary N) is 1. The molecule has 0 saturated carbocycles. The van der Waals surface area contributed by atoms with Crippen LogP contribution in [-0.2, 0) is 0 Å². The summed E-state index contributed by atoms with van der Waals surface area (Å²) >= 11 is 4.72. The number of anilines is 2. The summed E-state index contributed by atoms with van der Waals surface area (Å²) in [4.78, 5) is 18.6. The number of ether oxygens (including phenoxy) is 1. The summed E-state index contributed by atoms with van der Waals surface area (Å²) in [5, 5.41) is 3.67. The van der Waals surface area contributed by atoms with Gasteiger partial charge in [0.1, 0.15) is 15.5 Å². The predicted octanol–water partition coefficient (Wildman–Crippen LogP) is 5.57. The zero-order valence-electron chi connectivity index (χ0n) is 14.9. The molecule has 5 nitrogen and oxygen atoms in total. The van der Waals surface area contributed by atoms with E-state index in [1.54, 1.807) is 7.11 Å². The smallest absolute Gasteiger partial charge is 0.267 e. The van der Waals surface area contributed by atoms with Crippen molar-refractivity contribution >= 4 is 54.8 Å². The fraction of sp³-hybridized carbons (Fsp3) is 0.0476. The van der Waals surface area contributed by atoms with Crippen molar-refractivity contribution in [3.63, 3.8) is 0 Å². The van der Waals surface area contributed by atoms with E-state index in [1.165, 1.54) is 11.3 Å². The van der Waals surface area contributed by atoms with E-state index in [0.29, 0.717) is 16.3 Å². The van der Waals surface area contributed by atoms with Crippen LogP contribution in [0.25, 0.3) is 21.5 Å². The quantitative estimate of drug-likeness (QED) is 0.423. The number of halogens is 1. The maximum Gasteiger partial charge on any atom is 0.267 e. The SMILES string of the molecule is COc1ccc(-c2ccc3c(N)c(C(=O)Nc4ccccc4Br)sc3n2)cc1. The molecule has 0 saturated heterocycles. The first-order valence-corrected chi connectivity index (χ1v) is 10.1. The molecular formula is C21H16BrN3O2S. The Morgan fingerprint density at radius 3 is 2.57 bits per heavy atom. The number of methoxy groups -OCH3 is 1. The Kier molecular flexibility index (Phi) is 5.02. The standard InChI is InChI=1S/C21H16BrN3O2S/c1-27-13-8-6-12(7-9-13)16-11-10-14-18(23)19(28-21(14)25-16)20(26)24-17-5-3-2-4-15(17)22/h2-11H,23H2,1H3,(H,24,26). The molecule has 0 atom stereocenters. The highest BCUT2D eigenvalue weighted by atomic mass is 79.9. The van der Waals surface area contributed by atoms with Gasteiger partial charge in [-0.05, 0) is 64.5 Å². The molecule has 7 heteroatoms. The van der Waals surface area contributed by atoms with E-state index in [2.05, 4.69) is 21.2 Å². The molecule has 0 unspecified atom stereocenters. The minimum absolute atomic E-state index is 0.251. The number of pyridine rings is 1. The number of nitrogen functional groups attached to an aromatic ring is 1. The van der Waals surface area contributed by atoms with E-state index in [9.17, 15) is 4.79 Å². The lowest BCUT2D eigenvalue weighted by Crippen LogP contribution is -2.12. The van der Waals surface area contributed by atoms with E-state index < -0.39 is 0 Å². The Morgan fingerprint density at radius 1 is 1.11 bits per heavy atom. The summed E-state index contributed by atoms with van der Waals surface area (Å²) in [6.45, 7) is 0. The number of amides is 1. The maximum atomic E-state index is 12.7. The molecule has 0 spiro atoms. The van der Waals surface area contributed by atoms with Gasteiger partial charge in [0, 0.05) is 15.4 Å². The minimum Gasteiger partial charge on any atom is -0.497 e. The van der Waals surface area contributed by atoms with Crippen LogP contribution in [0.4, 0.5) is 11.4 Å². The lowest BCUT2D eigenvalue weighted by Gasteiger charge is -2.06. The highest BCUT2D eigenvalue weighted by molar-refractivity contribution is 9.10. The van der Waals surface area contributed by atoms with Gasteiger partial charge in [-0.15, -0.1) is 11.3 Å². The third-order valence-corrected chi connectivity index (χ3v) is 6.11. The lowest BCUT2D eigenvalue weighted by atomic mass is 10.1. The summed E-state index contributed by atoms with van der Waals surface area (Å²) in [7, 11) is 1.63. The molecule has 0 fully saturated rings. The Balaban J connectivity index is 1.68. The van der Waals surface area contributed by atoms with Gasteiger partial charge in [-0.2, -0.15) is 0 Å². The molecule has 28 heavy (non-hydrogen) atoms. The number of rotatable bonds is 4. The molecule has 1 amide bonds. The van der Waals surface area contributed by atoms with Crippen LogP contribution < -0.4 is 15.8 Å². The predicted molar refractivity (Wildman–Crippen MR) is 118 cm³/mol. The highest BCUT2D eigenvalue weighted by Gasteiger charge is 2.18. The number of carbonyl (C=O) groups excluding carboxylic acids is 1. The molecule has 0 aliphatic rings. The molecule has 4 rings (SSSR count). The van der Waals surface area contributed by atoms with Crippen molar-refractivity contribution in [2.24, 2.45) is 0 Å². The molecule has 4 aromatic rings. The molecule has 0 radical (unpaired) electrons. The molecule has 0 aliphatic heterocycles. The second-order valence-corrected chi connectivity index (χ2v) is 7.91. The van der Waals surface area contributed by atoms with E-state index in [4.69, 9.17) is 15.5 Å². The molecule has 2 aromatic carbocycles. The first-order valence-electron chi connectivity index (χ1n) is 8.46. The van der Waals surface area contributed by atoms with E-state index >= 15 is 0 Å². The first kappa shape index (κ1) is 18.5. The average Bonchev–Trinajstić information content (AvgIpc) is 3.06. The van der Waals surface area contributed by atoms with Gasteiger partial charge in [-0.3, -0.25) is 4.79 Å². The van der Waals surface area contributed by atoms with Gasteiger partial charge < -0.3 is 15.8 Å². The average molecular weight is 454 g/mol. The zero-order valence-corrected chi connectivity index (χ0v) is 17.3. The van der Waals surface area contributed by atoms with E-state index in [1.807, 2.05) is 60.7 Å². The molecule has 3 N–H and O–H groups in total. The summed E-state index contributed by atoms with van der Waals surface area (Å²) < 4.78 is 6.00. The van der Waals surface area contributed by atoms with Crippen LogP contribution in [0, 0.1) is 0 Å². The van der Waals surface area contributed by atoms with Crippen molar-refractivity contribution in [1.82, 2.24) is 4.98 Å². The van der Waals surface area contributed by atoms with Gasteiger partial charge in [0.2, 0.25) is 0 Å². The zero-order chi connectivity index (χ0) is 19.7. The van der Waals surface area contributed by atoms with Crippen molar-refractivity contribution in [3.8, 4) is 17.0 Å². The van der Waals surface area contributed by atoms with Crippen molar-refractivity contribution in [1.29, 1.82) is 0 Å². The molecule has 0 bridgehead atoms. The fourth-order valence-electron chi connectivity index (χ4n) is 2.83. The van der Waals surface area contributed by atoms with Gasteiger partial charge >= 0.3 is 0 Å². The van der Waals surface area contributed by atoms with Crippen LogP contribution in [-0.4, -0.2) is 18.0 Å². The van der Waals surface area contributed by atoms with Crippen molar-refractivity contribution in [2.75, 3.05) is 18.2 Å². The molecule has 2 aromatic heterocycles. The third-order valence-electron chi connectivity index (χ3n) is 4.31. The second-order valence-electron chi connectivity index (χ2n) is 6.06. The summed E-state index contributed by atoms with van der Waals surface area (Å²) in [5.74, 6) is 0.537. The largest absolute Gasteiger partial charge is 0.497 e. The van der Waals surface area contributed by atoms with Crippen molar-refractivity contribution in [3.05, 3.63) is 70.0 Å². The Labute approximate surface area is 174 Å². The number of para-hydroxylation sites is 1. The number of benzene rings is 2. The molecule has 140 valence electrons. The Morgan fingerprint density at radius 2 is 1.86 bits per heavy atom. The van der Waals surface area contributed by atoms with Crippen LogP contribution >= 0.6 is 27.3 Å². The normalized spacial score (nSPS) is 10.8. The molecule has 2 heterocycles. The lowest BCUT2D eigenvalue weighted by molar-refractivity contribution is 0.103. The van der Waals surface area contributed by atoms with Gasteiger partial charge in [0.15, 0.2) is 0 Å². The third kappa shape index (κ3) is 3.46. The van der Waals surface area contributed by atoms with Crippen molar-refractivity contribution < 1.29 is 9.53 Å². The van der Waals surface area contributed by atoms with Crippen LogP contribution in [0.15, 0.2) is 65.1 Å². The second kappa shape index (κ2) is 7.61. The fourth-order valence-corrected chi connectivity index (χ4v) is 4.20. The number of aromatic nitrogens is 1. The number of hydrogen-bond acceptors (Lipinski definition) is 5. The number of nitrogens with two attached hydrogens (primary N) is 1. The number of fused-ring (bicyclic) bond motifs is 1. The van der Waals surface area contributed by atoms with Gasteiger partial charge in [-0.1, -0.05) is 12.1 Å². The number of thiophene rings is 1. The highest BCUT2D eigenvalue weighted by Crippen LogP contribution is 2.35. The molecule has 0 aliphatic carbocycles. The van der Waals surface area contributed by atoms with Gasteiger partial charge in [-0.25, -0.2) is 4.98 Å². The topological polar surface area (TPSA) is 77.2 Å². The monoisotopic (exact) mass is 453 g/mol. The van der Waals surface area contributed by atoms with E-state index in [0.717, 1.165) is 31.7 Å². The van der Waals surface area contributed by atoms with Crippen LogP contribution in [0.2, 0.25) is 0 Å². The number of hydrogen-bond donors (Lipinski definition) is 2. The van der Waals surface area contributed by atoms with Crippen LogP contribution in [0.1, 0.15) is 9.67 Å². The van der Waals surface area contributed by atoms with Crippen LogP contribution in [0.5, 0.6) is 5.75 Å². The number of nitrogens with zero attached hydrogens (tertiary/aromatic N) is 1. The van der Waals surface area contributed by atoms with Crippen LogP contribution in [0.3, 0.4) is 0 Å². The van der Waals surface area contributed by atoms with Gasteiger partial charge in [0.05, 0.1) is 24.2 Å². The molecular weight excluding hydrogens is 438 g/mol. The maximum absolute atomic E-state index is 12.7. The first-order chi connectivity index (χ1) is 13.6. The Hall–Kier alpha value is -2.90. The number of carbonyl (C=O) groups is 1. The van der Waals surface area contributed by atoms with Crippen molar-refractivity contribution in [2.45, 2.75) is 0 Å².